The van der Waals surface area contributed by atoms with Gasteiger partial charge in [0.05, 0.1) is 12.9 Å². The van der Waals surface area contributed by atoms with Crippen molar-refractivity contribution < 1.29 is 13.2 Å². The third-order valence-corrected chi connectivity index (χ3v) is 2.77. The van der Waals surface area contributed by atoms with Crippen LogP contribution in [0.2, 0.25) is 0 Å². The maximum Gasteiger partial charge on any atom is 0.215 e. The Kier molecular flexibility index (Phi) is 5.87. The molecule has 6 nitrogen and oxygen atoms in total. The minimum Gasteiger partial charge on any atom is -0.478 e. The lowest BCUT2D eigenvalue weighted by molar-refractivity contribution is 0.327. The van der Waals surface area contributed by atoms with Crippen molar-refractivity contribution in [1.29, 1.82) is 0 Å². The number of ether oxygens (including phenoxy) is 1. The number of hydrogen-bond acceptors (Lipinski definition) is 5. The van der Waals surface area contributed by atoms with Gasteiger partial charge >= 0.3 is 0 Å². The summed E-state index contributed by atoms with van der Waals surface area (Å²) in [7, 11) is -3.10. The molecule has 1 heterocycles. The predicted octanol–water partition coefficient (Wildman–Crippen LogP) is 0.832. The Morgan fingerprint density at radius 2 is 2.11 bits per heavy atom. The summed E-state index contributed by atoms with van der Waals surface area (Å²) in [6.45, 7) is 3.54. The summed E-state index contributed by atoms with van der Waals surface area (Å²) >= 11 is 0. The van der Waals surface area contributed by atoms with E-state index in [1.807, 2.05) is 19.1 Å². The average Bonchev–Trinajstić information content (AvgIpc) is 2.28. The first-order valence-corrected chi connectivity index (χ1v) is 7.69. The van der Waals surface area contributed by atoms with Crippen LogP contribution in [0.3, 0.4) is 0 Å². The zero-order valence-corrected chi connectivity index (χ0v) is 11.5. The van der Waals surface area contributed by atoms with E-state index in [0.717, 1.165) is 12.1 Å². The summed E-state index contributed by atoms with van der Waals surface area (Å²) in [6.07, 6.45) is 1.83. The fourth-order valence-corrected chi connectivity index (χ4v) is 1.82. The Morgan fingerprint density at radius 3 is 2.78 bits per heavy atom. The zero-order chi connectivity index (χ0) is 13.4. The molecule has 0 aliphatic rings. The second kappa shape index (κ2) is 7.17. The lowest BCUT2D eigenvalue weighted by Gasteiger charge is -2.07. The highest BCUT2D eigenvalue weighted by molar-refractivity contribution is 7.88. The Balaban J connectivity index is 2.28. The first-order valence-electron chi connectivity index (χ1n) is 5.79. The van der Waals surface area contributed by atoms with Gasteiger partial charge in [0, 0.05) is 19.2 Å². The van der Waals surface area contributed by atoms with Gasteiger partial charge in [0.25, 0.3) is 0 Å². The molecular formula is C11H19N3O3S. The molecule has 0 saturated heterocycles. The molecule has 102 valence electrons. The van der Waals surface area contributed by atoms with E-state index in [0.29, 0.717) is 32.0 Å². The van der Waals surface area contributed by atoms with Gasteiger partial charge < -0.3 is 10.1 Å². The summed E-state index contributed by atoms with van der Waals surface area (Å²) in [5.74, 6) is 1.30. The van der Waals surface area contributed by atoms with E-state index in [9.17, 15) is 8.42 Å². The van der Waals surface area contributed by atoms with Gasteiger partial charge in [0.15, 0.2) is 0 Å². The van der Waals surface area contributed by atoms with E-state index in [4.69, 9.17) is 4.74 Å². The molecule has 0 spiro atoms. The normalized spacial score (nSPS) is 11.2. The fraction of sp³-hybridized carbons (Fsp3) is 0.545. The number of nitrogens with zero attached hydrogens (tertiary/aromatic N) is 1. The topological polar surface area (TPSA) is 80.3 Å². The maximum absolute atomic E-state index is 10.8. The minimum atomic E-state index is -3.10. The molecule has 0 radical (unpaired) electrons. The van der Waals surface area contributed by atoms with Crippen molar-refractivity contribution in [3.05, 3.63) is 18.2 Å². The van der Waals surface area contributed by atoms with Gasteiger partial charge in [-0.25, -0.2) is 13.1 Å². The number of anilines is 1. The third-order valence-electron chi connectivity index (χ3n) is 2.04. The van der Waals surface area contributed by atoms with E-state index in [1.54, 1.807) is 6.07 Å². The summed E-state index contributed by atoms with van der Waals surface area (Å²) < 4.78 is 29.3. The molecule has 1 aromatic heterocycles. The van der Waals surface area contributed by atoms with E-state index >= 15 is 0 Å². The van der Waals surface area contributed by atoms with Gasteiger partial charge in [-0.05, 0) is 19.4 Å². The molecule has 0 unspecified atom stereocenters. The van der Waals surface area contributed by atoms with Crippen molar-refractivity contribution in [2.45, 2.75) is 13.3 Å². The molecule has 0 aliphatic carbocycles. The van der Waals surface area contributed by atoms with E-state index in [1.165, 1.54) is 0 Å². The molecule has 18 heavy (non-hydrogen) atoms. The molecule has 0 aliphatic heterocycles. The SMILES string of the molecule is CCOc1cccc(NCCCNS(C)(=O)=O)n1. The summed E-state index contributed by atoms with van der Waals surface area (Å²) in [4.78, 5) is 4.24. The number of rotatable bonds is 8. The Morgan fingerprint density at radius 1 is 1.33 bits per heavy atom. The van der Waals surface area contributed by atoms with Crippen molar-refractivity contribution in [2.24, 2.45) is 0 Å². The first kappa shape index (κ1) is 14.7. The van der Waals surface area contributed by atoms with Crippen molar-refractivity contribution in [3.63, 3.8) is 0 Å². The van der Waals surface area contributed by atoms with Crippen LogP contribution in [0.1, 0.15) is 13.3 Å². The Hall–Kier alpha value is -1.34. The quantitative estimate of drug-likeness (QED) is 0.686. The number of nitrogens with one attached hydrogen (secondary N) is 2. The molecule has 7 heteroatoms. The van der Waals surface area contributed by atoms with Crippen molar-refractivity contribution >= 4 is 15.8 Å². The molecule has 0 saturated carbocycles. The van der Waals surface area contributed by atoms with Gasteiger partial charge in [-0.15, -0.1) is 0 Å². The van der Waals surface area contributed by atoms with Crippen LogP contribution in [0.15, 0.2) is 18.2 Å². The Bertz CT molecular complexity index is 462. The second-order valence-electron chi connectivity index (χ2n) is 3.74. The smallest absolute Gasteiger partial charge is 0.215 e. The van der Waals surface area contributed by atoms with Crippen LogP contribution in [0.5, 0.6) is 5.88 Å². The summed E-state index contributed by atoms with van der Waals surface area (Å²) in [5.41, 5.74) is 0. The first-order chi connectivity index (χ1) is 8.51. The third kappa shape index (κ3) is 6.41. The predicted molar refractivity (Wildman–Crippen MR) is 71.4 cm³/mol. The zero-order valence-electron chi connectivity index (χ0n) is 10.6. The van der Waals surface area contributed by atoms with Crippen molar-refractivity contribution in [1.82, 2.24) is 9.71 Å². The average molecular weight is 273 g/mol. The van der Waals surface area contributed by atoms with Crippen LogP contribution in [-0.4, -0.2) is 39.4 Å². The van der Waals surface area contributed by atoms with E-state index < -0.39 is 10.0 Å². The highest BCUT2D eigenvalue weighted by Crippen LogP contribution is 2.10. The fourth-order valence-electron chi connectivity index (χ4n) is 1.30. The van der Waals surface area contributed by atoms with Gasteiger partial charge in [-0.1, -0.05) is 6.07 Å². The standard InChI is InChI=1S/C11H19N3O3S/c1-3-17-11-7-4-6-10(14-11)12-8-5-9-13-18(2,15)16/h4,6-7,13H,3,5,8-9H2,1-2H3,(H,12,14). The molecule has 0 atom stereocenters. The molecule has 0 aromatic carbocycles. The van der Waals surface area contributed by atoms with Crippen LogP contribution >= 0.6 is 0 Å². The highest BCUT2D eigenvalue weighted by atomic mass is 32.2. The molecular weight excluding hydrogens is 254 g/mol. The lowest BCUT2D eigenvalue weighted by atomic mass is 10.4. The van der Waals surface area contributed by atoms with Crippen molar-refractivity contribution in [2.75, 3.05) is 31.3 Å². The number of sulfonamides is 1. The van der Waals surface area contributed by atoms with Crippen molar-refractivity contribution in [3.8, 4) is 5.88 Å². The van der Waals surface area contributed by atoms with Crippen LogP contribution in [0.4, 0.5) is 5.82 Å². The minimum absolute atomic E-state index is 0.414. The molecule has 0 fully saturated rings. The second-order valence-corrected chi connectivity index (χ2v) is 5.57. The monoisotopic (exact) mass is 273 g/mol. The van der Waals surface area contributed by atoms with Crippen LogP contribution in [0, 0.1) is 0 Å². The van der Waals surface area contributed by atoms with E-state index in [2.05, 4.69) is 15.0 Å². The molecule has 0 amide bonds. The molecule has 2 N–H and O–H groups in total. The summed E-state index contributed by atoms with van der Waals surface area (Å²) in [6, 6.07) is 5.49. The number of hydrogen-bond donors (Lipinski definition) is 2. The highest BCUT2D eigenvalue weighted by Gasteiger charge is 2.00. The van der Waals surface area contributed by atoms with Crippen LogP contribution in [0.25, 0.3) is 0 Å². The lowest BCUT2D eigenvalue weighted by Crippen LogP contribution is -2.24. The number of aromatic nitrogens is 1. The Labute approximate surface area is 108 Å². The molecule has 0 bridgehead atoms. The van der Waals surface area contributed by atoms with Gasteiger partial charge in [0.1, 0.15) is 5.82 Å². The largest absolute Gasteiger partial charge is 0.478 e. The van der Waals surface area contributed by atoms with Gasteiger partial charge in [-0.3, -0.25) is 0 Å². The number of pyridine rings is 1. The van der Waals surface area contributed by atoms with Crippen LogP contribution < -0.4 is 14.8 Å². The summed E-state index contributed by atoms with van der Waals surface area (Å²) in [5, 5.41) is 3.10. The van der Waals surface area contributed by atoms with E-state index in [-0.39, 0.29) is 0 Å². The molecule has 1 aromatic rings. The molecule has 1 rings (SSSR count). The van der Waals surface area contributed by atoms with Gasteiger partial charge in [0.2, 0.25) is 15.9 Å². The van der Waals surface area contributed by atoms with Gasteiger partial charge in [-0.2, -0.15) is 4.98 Å². The van der Waals surface area contributed by atoms with Crippen LogP contribution in [-0.2, 0) is 10.0 Å². The maximum atomic E-state index is 10.8.